The van der Waals surface area contributed by atoms with Crippen LogP contribution in [0, 0.1) is 6.92 Å². The molecule has 1 aliphatic rings. The van der Waals surface area contributed by atoms with Gasteiger partial charge in [0.15, 0.2) is 0 Å². The Morgan fingerprint density at radius 3 is 2.21 bits per heavy atom. The van der Waals surface area contributed by atoms with Crippen molar-refractivity contribution in [3.05, 3.63) is 69.6 Å². The van der Waals surface area contributed by atoms with Gasteiger partial charge in [-0.3, -0.25) is 9.59 Å². The molecule has 0 spiro atoms. The summed E-state index contributed by atoms with van der Waals surface area (Å²) in [6.07, 6.45) is 5.71. The van der Waals surface area contributed by atoms with Gasteiger partial charge in [0.05, 0.1) is 0 Å². The van der Waals surface area contributed by atoms with Crippen LogP contribution >= 0.6 is 0 Å². The van der Waals surface area contributed by atoms with Gasteiger partial charge in [0.2, 0.25) is 5.91 Å². The Kier molecular flexibility index (Phi) is 6.79. The van der Waals surface area contributed by atoms with Crippen LogP contribution in [0.5, 0.6) is 0 Å². The minimum Gasteiger partial charge on any atom is -0.359 e. The summed E-state index contributed by atoms with van der Waals surface area (Å²) in [5.41, 5.74) is 3.97. The second kappa shape index (κ2) is 9.06. The summed E-state index contributed by atoms with van der Waals surface area (Å²) in [6, 6.07) is 13.9. The van der Waals surface area contributed by atoms with Gasteiger partial charge >= 0.3 is 0 Å². The molecule has 128 valence electrons. The zero-order valence-corrected chi connectivity index (χ0v) is 14.5. The van der Waals surface area contributed by atoms with E-state index in [-0.39, 0.29) is 11.5 Å². The number of rotatable bonds is 3. The van der Waals surface area contributed by atoms with Gasteiger partial charge in [0.25, 0.3) is 5.56 Å². The van der Waals surface area contributed by atoms with Crippen LogP contribution in [0.2, 0.25) is 0 Å². The number of benzene rings is 1. The molecule has 0 saturated carbocycles. The van der Waals surface area contributed by atoms with Gasteiger partial charge in [-0.1, -0.05) is 30.3 Å². The van der Waals surface area contributed by atoms with E-state index in [1.165, 1.54) is 31.7 Å². The van der Waals surface area contributed by atoms with E-state index < -0.39 is 0 Å². The van der Waals surface area contributed by atoms with Gasteiger partial charge in [-0.05, 0) is 49.8 Å². The number of amides is 1. The summed E-state index contributed by atoms with van der Waals surface area (Å²) in [6.45, 7) is 2.29. The number of nitrogens with zero attached hydrogens (tertiary/aromatic N) is 1. The molecule has 1 aromatic heterocycles. The number of aromatic nitrogens is 1. The van der Waals surface area contributed by atoms with Gasteiger partial charge in [-0.15, -0.1) is 0 Å². The SMILES string of the molecule is CNC(=O)CCn1c(C)cccc1=O.c1ccc2c(c1)CCCC2. The highest BCUT2D eigenvalue weighted by atomic mass is 16.1. The first kappa shape index (κ1) is 18.0. The first-order valence-electron chi connectivity index (χ1n) is 8.55. The molecule has 24 heavy (non-hydrogen) atoms. The topological polar surface area (TPSA) is 51.1 Å². The number of hydrogen-bond donors (Lipinski definition) is 1. The van der Waals surface area contributed by atoms with E-state index in [4.69, 9.17) is 0 Å². The summed E-state index contributed by atoms with van der Waals surface area (Å²) in [5, 5.41) is 2.52. The molecule has 0 atom stereocenters. The number of hydrogen-bond acceptors (Lipinski definition) is 2. The first-order chi connectivity index (χ1) is 11.6. The van der Waals surface area contributed by atoms with Crippen molar-refractivity contribution in [1.29, 1.82) is 0 Å². The molecule has 1 aliphatic carbocycles. The van der Waals surface area contributed by atoms with Crippen LogP contribution in [0.15, 0.2) is 47.3 Å². The number of pyridine rings is 1. The molecule has 0 unspecified atom stereocenters. The second-order valence-corrected chi connectivity index (χ2v) is 6.06. The van der Waals surface area contributed by atoms with Crippen molar-refractivity contribution in [1.82, 2.24) is 9.88 Å². The molecular formula is C20H26N2O2. The van der Waals surface area contributed by atoms with Gasteiger partial charge < -0.3 is 9.88 Å². The molecule has 2 aromatic rings. The third kappa shape index (κ3) is 5.08. The molecule has 0 saturated heterocycles. The molecule has 1 amide bonds. The van der Waals surface area contributed by atoms with Crippen LogP contribution in [-0.2, 0) is 24.2 Å². The Balaban J connectivity index is 0.000000182. The smallest absolute Gasteiger partial charge is 0.250 e. The lowest BCUT2D eigenvalue weighted by atomic mass is 9.92. The largest absolute Gasteiger partial charge is 0.359 e. The Hall–Kier alpha value is -2.36. The maximum Gasteiger partial charge on any atom is 0.250 e. The summed E-state index contributed by atoms with van der Waals surface area (Å²) in [7, 11) is 1.59. The van der Waals surface area contributed by atoms with Crippen molar-refractivity contribution in [2.45, 2.75) is 45.6 Å². The van der Waals surface area contributed by atoms with Gasteiger partial charge in [-0.25, -0.2) is 0 Å². The summed E-state index contributed by atoms with van der Waals surface area (Å²) in [5.74, 6) is -0.0554. The fourth-order valence-electron chi connectivity index (χ4n) is 2.92. The van der Waals surface area contributed by atoms with E-state index in [9.17, 15) is 9.59 Å². The minimum absolute atomic E-state index is 0.0554. The zero-order chi connectivity index (χ0) is 17.4. The molecule has 1 aromatic carbocycles. The van der Waals surface area contributed by atoms with Crippen molar-refractivity contribution in [2.75, 3.05) is 7.05 Å². The second-order valence-electron chi connectivity index (χ2n) is 6.06. The molecular weight excluding hydrogens is 300 g/mol. The van der Waals surface area contributed by atoms with Gasteiger partial charge in [-0.2, -0.15) is 0 Å². The molecule has 4 heteroatoms. The molecule has 4 nitrogen and oxygen atoms in total. The highest BCUT2D eigenvalue weighted by Gasteiger charge is 2.06. The monoisotopic (exact) mass is 326 g/mol. The minimum atomic E-state index is -0.0612. The van der Waals surface area contributed by atoms with Crippen molar-refractivity contribution in [3.63, 3.8) is 0 Å². The third-order valence-corrected chi connectivity index (χ3v) is 4.37. The van der Waals surface area contributed by atoms with Crippen LogP contribution in [0.25, 0.3) is 0 Å². The van der Waals surface area contributed by atoms with Crippen LogP contribution in [0.3, 0.4) is 0 Å². The number of fused-ring (bicyclic) bond motifs is 1. The average Bonchev–Trinajstić information content (AvgIpc) is 2.61. The number of carbonyl (C=O) groups excluding carboxylic acids is 1. The Bertz CT molecular complexity index is 709. The van der Waals surface area contributed by atoms with Crippen molar-refractivity contribution in [2.24, 2.45) is 0 Å². The maximum absolute atomic E-state index is 11.4. The highest BCUT2D eigenvalue weighted by molar-refractivity contribution is 5.75. The van der Waals surface area contributed by atoms with Crippen molar-refractivity contribution in [3.8, 4) is 0 Å². The van der Waals surface area contributed by atoms with E-state index in [0.717, 1.165) is 5.69 Å². The normalized spacial score (nSPS) is 12.6. The van der Waals surface area contributed by atoms with E-state index in [1.807, 2.05) is 13.0 Å². The molecule has 3 rings (SSSR count). The molecule has 1 heterocycles. The first-order valence-corrected chi connectivity index (χ1v) is 8.55. The Labute approximate surface area is 143 Å². The summed E-state index contributed by atoms with van der Waals surface area (Å²) >= 11 is 0. The molecule has 0 fully saturated rings. The molecule has 0 radical (unpaired) electrons. The van der Waals surface area contributed by atoms with E-state index >= 15 is 0 Å². The average molecular weight is 326 g/mol. The van der Waals surface area contributed by atoms with Crippen molar-refractivity contribution < 1.29 is 4.79 Å². The summed E-state index contributed by atoms with van der Waals surface area (Å²) < 4.78 is 1.59. The van der Waals surface area contributed by atoms with Gasteiger partial charge in [0.1, 0.15) is 0 Å². The zero-order valence-electron chi connectivity index (χ0n) is 14.5. The lowest BCUT2D eigenvalue weighted by Gasteiger charge is -2.13. The Morgan fingerprint density at radius 2 is 1.67 bits per heavy atom. The lowest BCUT2D eigenvalue weighted by molar-refractivity contribution is -0.120. The molecule has 0 aliphatic heterocycles. The highest BCUT2D eigenvalue weighted by Crippen LogP contribution is 2.19. The van der Waals surface area contributed by atoms with Crippen LogP contribution in [-0.4, -0.2) is 17.5 Å². The maximum atomic E-state index is 11.4. The standard InChI is InChI=1S/C10H14N2O2.C10H12/c1-8-4-3-5-10(14)12(8)7-6-9(13)11-2;1-2-6-10-8-4-3-7-9(10)5-1/h3-5H,6-7H2,1-2H3,(H,11,13);1-2,5-6H,3-4,7-8H2. The lowest BCUT2D eigenvalue weighted by Crippen LogP contribution is -2.25. The Morgan fingerprint density at radius 1 is 1.04 bits per heavy atom. The molecule has 0 bridgehead atoms. The predicted molar refractivity (Wildman–Crippen MR) is 97.2 cm³/mol. The number of carbonyl (C=O) groups is 1. The van der Waals surface area contributed by atoms with E-state index in [1.54, 1.807) is 28.8 Å². The van der Waals surface area contributed by atoms with Crippen LogP contribution in [0.1, 0.15) is 36.1 Å². The van der Waals surface area contributed by atoms with Crippen molar-refractivity contribution >= 4 is 5.91 Å². The number of nitrogens with one attached hydrogen (secondary N) is 1. The fourth-order valence-corrected chi connectivity index (χ4v) is 2.92. The van der Waals surface area contributed by atoms with Crippen LogP contribution in [0.4, 0.5) is 0 Å². The van der Waals surface area contributed by atoms with Gasteiger partial charge in [0, 0.05) is 31.8 Å². The fraction of sp³-hybridized carbons (Fsp3) is 0.400. The van der Waals surface area contributed by atoms with E-state index in [2.05, 4.69) is 29.6 Å². The molecule has 1 N–H and O–H groups in total. The quantitative estimate of drug-likeness (QED) is 0.943. The predicted octanol–water partition coefficient (Wildman–Crippen LogP) is 2.86. The van der Waals surface area contributed by atoms with Crippen LogP contribution < -0.4 is 10.9 Å². The number of aryl methyl sites for hydroxylation is 3. The summed E-state index contributed by atoms with van der Waals surface area (Å²) in [4.78, 5) is 22.4. The van der Waals surface area contributed by atoms with E-state index in [0.29, 0.717) is 13.0 Å². The third-order valence-electron chi connectivity index (χ3n) is 4.37.